The number of carbonyl (C=O) groups is 1. The summed E-state index contributed by atoms with van der Waals surface area (Å²) in [7, 11) is -3.34. The van der Waals surface area contributed by atoms with Crippen molar-refractivity contribution < 1.29 is 17.6 Å². The molecule has 5 nitrogen and oxygen atoms in total. The molecular weight excluding hydrogens is 355 g/mol. The molecule has 2 aromatic carbocycles. The van der Waals surface area contributed by atoms with Crippen molar-refractivity contribution in [2.45, 2.75) is 24.8 Å². The van der Waals surface area contributed by atoms with Crippen molar-refractivity contribution in [2.24, 2.45) is 5.92 Å². The first-order valence-electron chi connectivity index (χ1n) is 8.25. The van der Waals surface area contributed by atoms with E-state index in [0.717, 1.165) is 11.8 Å². The molecular formula is C19H23FN2O3S. The second-order valence-corrected chi connectivity index (χ2v) is 8.52. The molecule has 7 heteroatoms. The molecule has 140 valence electrons. The Hall–Kier alpha value is -2.25. The van der Waals surface area contributed by atoms with E-state index in [4.69, 9.17) is 0 Å². The van der Waals surface area contributed by atoms with Crippen LogP contribution in [0.15, 0.2) is 53.4 Å². The molecule has 26 heavy (non-hydrogen) atoms. The number of hydrogen-bond acceptors (Lipinski definition) is 4. The highest BCUT2D eigenvalue weighted by molar-refractivity contribution is 7.90. The lowest BCUT2D eigenvalue weighted by molar-refractivity contribution is -0.115. The minimum absolute atomic E-state index is 0.0450. The number of halogens is 1. The van der Waals surface area contributed by atoms with Gasteiger partial charge in [-0.3, -0.25) is 4.79 Å². The van der Waals surface area contributed by atoms with Gasteiger partial charge in [-0.1, -0.05) is 32.0 Å². The molecule has 0 spiro atoms. The van der Waals surface area contributed by atoms with Crippen molar-refractivity contribution in [2.75, 3.05) is 18.1 Å². The highest BCUT2D eigenvalue weighted by atomic mass is 32.2. The number of benzene rings is 2. The van der Waals surface area contributed by atoms with Crippen LogP contribution in [0.5, 0.6) is 0 Å². The Morgan fingerprint density at radius 2 is 1.77 bits per heavy atom. The zero-order valence-electron chi connectivity index (χ0n) is 15.0. The summed E-state index contributed by atoms with van der Waals surface area (Å²) in [4.78, 5) is 12.4. The zero-order valence-corrected chi connectivity index (χ0v) is 15.8. The lowest BCUT2D eigenvalue weighted by Gasteiger charge is -2.23. The molecule has 0 unspecified atom stereocenters. The quantitative estimate of drug-likeness (QED) is 0.776. The third kappa shape index (κ3) is 5.64. The number of hydrogen-bond donors (Lipinski definition) is 2. The van der Waals surface area contributed by atoms with Crippen LogP contribution in [0.2, 0.25) is 0 Å². The molecule has 0 aromatic heterocycles. The van der Waals surface area contributed by atoms with Gasteiger partial charge in [-0.05, 0) is 41.8 Å². The first kappa shape index (κ1) is 20.1. The minimum Gasteiger partial charge on any atom is -0.325 e. The summed E-state index contributed by atoms with van der Waals surface area (Å²) in [5, 5.41) is 5.85. The Kier molecular flexibility index (Phi) is 6.50. The molecule has 2 rings (SSSR count). The molecule has 0 aliphatic rings. The summed E-state index contributed by atoms with van der Waals surface area (Å²) < 4.78 is 36.3. The average molecular weight is 378 g/mol. The van der Waals surface area contributed by atoms with E-state index >= 15 is 0 Å². The van der Waals surface area contributed by atoms with Crippen LogP contribution in [0, 0.1) is 11.7 Å². The van der Waals surface area contributed by atoms with Gasteiger partial charge in [-0.25, -0.2) is 12.8 Å². The number of sulfone groups is 1. The molecule has 0 radical (unpaired) electrons. The molecule has 2 aromatic rings. The zero-order chi connectivity index (χ0) is 19.3. The first-order chi connectivity index (χ1) is 12.2. The highest BCUT2D eigenvalue weighted by Crippen LogP contribution is 2.22. The second-order valence-electron chi connectivity index (χ2n) is 6.50. The fraction of sp³-hybridized carbons (Fsp3) is 0.316. The van der Waals surface area contributed by atoms with E-state index in [2.05, 4.69) is 10.6 Å². The molecule has 0 fully saturated rings. The summed E-state index contributed by atoms with van der Waals surface area (Å²) in [6.07, 6.45) is 1.12. The molecule has 0 heterocycles. The Bertz CT molecular complexity index is 865. The third-order valence-electron chi connectivity index (χ3n) is 3.92. The number of rotatable bonds is 7. The SMILES string of the molecule is CC(C)[C@H](NCC(=O)Nc1cccc(S(C)(=O)=O)c1)c1ccc(F)cc1. The van der Waals surface area contributed by atoms with Gasteiger partial charge in [-0.2, -0.15) is 0 Å². The van der Waals surface area contributed by atoms with Gasteiger partial charge in [0.25, 0.3) is 0 Å². The number of anilines is 1. The van der Waals surface area contributed by atoms with Gasteiger partial charge in [-0.15, -0.1) is 0 Å². The first-order valence-corrected chi connectivity index (χ1v) is 10.1. The molecule has 0 aliphatic heterocycles. The van der Waals surface area contributed by atoms with Crippen molar-refractivity contribution in [3.8, 4) is 0 Å². The van der Waals surface area contributed by atoms with Gasteiger partial charge in [0.2, 0.25) is 5.91 Å². The lowest BCUT2D eigenvalue weighted by atomic mass is 9.96. The molecule has 0 saturated heterocycles. The van der Waals surface area contributed by atoms with Crippen molar-refractivity contribution in [1.29, 1.82) is 0 Å². The van der Waals surface area contributed by atoms with E-state index in [0.29, 0.717) is 5.69 Å². The second kappa shape index (κ2) is 8.42. The average Bonchev–Trinajstić information content (AvgIpc) is 2.56. The van der Waals surface area contributed by atoms with E-state index < -0.39 is 9.84 Å². The molecule has 1 atom stereocenters. The maximum absolute atomic E-state index is 13.1. The van der Waals surface area contributed by atoms with Crippen LogP contribution < -0.4 is 10.6 Å². The third-order valence-corrected chi connectivity index (χ3v) is 5.03. The monoisotopic (exact) mass is 378 g/mol. The molecule has 0 bridgehead atoms. The van der Waals surface area contributed by atoms with Gasteiger partial charge in [0, 0.05) is 18.0 Å². The molecule has 2 N–H and O–H groups in total. The van der Waals surface area contributed by atoms with Crippen LogP contribution >= 0.6 is 0 Å². The van der Waals surface area contributed by atoms with Crippen LogP contribution in [0.1, 0.15) is 25.5 Å². The maximum Gasteiger partial charge on any atom is 0.238 e. The van der Waals surface area contributed by atoms with Crippen LogP contribution in [0.3, 0.4) is 0 Å². The smallest absolute Gasteiger partial charge is 0.238 e. The van der Waals surface area contributed by atoms with Gasteiger partial charge < -0.3 is 10.6 Å². The Morgan fingerprint density at radius 3 is 2.35 bits per heavy atom. The van der Waals surface area contributed by atoms with Crippen molar-refractivity contribution >= 4 is 21.4 Å². The summed E-state index contributed by atoms with van der Waals surface area (Å²) in [5.41, 5.74) is 1.32. The van der Waals surface area contributed by atoms with Gasteiger partial charge in [0.05, 0.1) is 11.4 Å². The Morgan fingerprint density at radius 1 is 1.12 bits per heavy atom. The molecule has 0 saturated carbocycles. The van der Waals surface area contributed by atoms with Crippen molar-refractivity contribution in [1.82, 2.24) is 5.32 Å². The van der Waals surface area contributed by atoms with E-state index in [1.54, 1.807) is 24.3 Å². The van der Waals surface area contributed by atoms with Gasteiger partial charge in [0.15, 0.2) is 9.84 Å². The number of carbonyl (C=O) groups excluding carboxylic acids is 1. The van der Waals surface area contributed by atoms with Crippen LogP contribution in [0.4, 0.5) is 10.1 Å². The van der Waals surface area contributed by atoms with Crippen LogP contribution in [-0.2, 0) is 14.6 Å². The summed E-state index contributed by atoms with van der Waals surface area (Å²) >= 11 is 0. The molecule has 1 amide bonds. The lowest BCUT2D eigenvalue weighted by Crippen LogP contribution is -2.33. The van der Waals surface area contributed by atoms with E-state index in [1.807, 2.05) is 13.8 Å². The highest BCUT2D eigenvalue weighted by Gasteiger charge is 2.17. The standard InChI is InChI=1S/C19H23FN2O3S/c1-13(2)19(14-7-9-15(20)10-8-14)21-12-18(23)22-16-5-4-6-17(11-16)26(3,24)25/h4-11,13,19,21H,12H2,1-3H3,(H,22,23)/t19-/m0/s1. The summed E-state index contributed by atoms with van der Waals surface area (Å²) in [5.74, 6) is -0.398. The van der Waals surface area contributed by atoms with E-state index in [1.165, 1.54) is 24.3 Å². The normalized spacial score (nSPS) is 12.8. The predicted octanol–water partition coefficient (Wildman–Crippen LogP) is 3.15. The maximum atomic E-state index is 13.1. The number of amides is 1. The fourth-order valence-electron chi connectivity index (χ4n) is 2.62. The summed E-state index contributed by atoms with van der Waals surface area (Å²) in [6, 6.07) is 12.2. The fourth-order valence-corrected chi connectivity index (χ4v) is 3.29. The van der Waals surface area contributed by atoms with E-state index in [-0.39, 0.29) is 35.1 Å². The molecule has 0 aliphatic carbocycles. The van der Waals surface area contributed by atoms with Crippen LogP contribution in [0.25, 0.3) is 0 Å². The van der Waals surface area contributed by atoms with Crippen molar-refractivity contribution in [3.05, 3.63) is 59.9 Å². The Balaban J connectivity index is 2.02. The summed E-state index contributed by atoms with van der Waals surface area (Å²) in [6.45, 7) is 4.06. The predicted molar refractivity (Wildman–Crippen MR) is 100 cm³/mol. The van der Waals surface area contributed by atoms with Crippen molar-refractivity contribution in [3.63, 3.8) is 0 Å². The minimum atomic E-state index is -3.34. The van der Waals surface area contributed by atoms with Gasteiger partial charge >= 0.3 is 0 Å². The van der Waals surface area contributed by atoms with E-state index in [9.17, 15) is 17.6 Å². The van der Waals surface area contributed by atoms with Gasteiger partial charge in [0.1, 0.15) is 5.82 Å². The largest absolute Gasteiger partial charge is 0.325 e. The topological polar surface area (TPSA) is 75.3 Å². The Labute approximate surface area is 153 Å². The van der Waals surface area contributed by atoms with Crippen LogP contribution in [-0.4, -0.2) is 27.1 Å². The number of nitrogens with one attached hydrogen (secondary N) is 2.